The topological polar surface area (TPSA) is 98.9 Å². The Bertz CT molecular complexity index is 940. The average molecular weight is 355 g/mol. The molecular weight excluding hydrogens is 334 g/mol. The molecule has 4 rings (SSSR count). The number of fused-ring (bicyclic) bond motifs is 1. The van der Waals surface area contributed by atoms with E-state index in [-0.39, 0.29) is 17.6 Å². The molecule has 3 aromatic rings. The molecule has 9 heteroatoms. The van der Waals surface area contributed by atoms with Gasteiger partial charge in [-0.2, -0.15) is 0 Å². The maximum Gasteiger partial charge on any atom is 0.280 e. The predicted molar refractivity (Wildman–Crippen MR) is 96.4 cm³/mol. The fourth-order valence-corrected chi connectivity index (χ4v) is 3.26. The molecule has 0 bridgehead atoms. The van der Waals surface area contributed by atoms with E-state index in [2.05, 4.69) is 25.9 Å². The van der Waals surface area contributed by atoms with Crippen LogP contribution in [0.2, 0.25) is 0 Å². The smallest absolute Gasteiger partial charge is 0.280 e. The van der Waals surface area contributed by atoms with Gasteiger partial charge in [-0.25, -0.2) is 9.67 Å². The Kier molecular flexibility index (Phi) is 4.29. The molecule has 0 atom stereocenters. The molecule has 0 saturated carbocycles. The zero-order valence-corrected chi connectivity index (χ0v) is 14.8. The second-order valence-corrected chi connectivity index (χ2v) is 6.34. The molecule has 1 aromatic carbocycles. The van der Waals surface area contributed by atoms with Gasteiger partial charge in [0.15, 0.2) is 5.69 Å². The predicted octanol–water partition coefficient (Wildman–Crippen LogP) is 1.35. The van der Waals surface area contributed by atoms with Gasteiger partial charge in [-0.15, -0.1) is 5.10 Å². The van der Waals surface area contributed by atoms with Crippen molar-refractivity contribution in [2.75, 3.05) is 25.5 Å². The van der Waals surface area contributed by atoms with E-state index in [1.165, 1.54) is 0 Å². The van der Waals surface area contributed by atoms with Gasteiger partial charge in [0, 0.05) is 7.05 Å². The molecule has 3 heterocycles. The summed E-state index contributed by atoms with van der Waals surface area (Å²) in [5.41, 5.74) is 1.85. The van der Waals surface area contributed by atoms with Crippen LogP contribution in [0.5, 0.6) is 5.75 Å². The van der Waals surface area contributed by atoms with Crippen LogP contribution in [0.1, 0.15) is 29.4 Å². The van der Waals surface area contributed by atoms with E-state index < -0.39 is 0 Å². The minimum absolute atomic E-state index is 0.280. The zero-order chi connectivity index (χ0) is 18.1. The number of nitrogens with one attached hydrogen (secondary N) is 2. The third-order valence-electron chi connectivity index (χ3n) is 4.75. The van der Waals surface area contributed by atoms with E-state index in [1.54, 1.807) is 18.0 Å². The van der Waals surface area contributed by atoms with Crippen LogP contribution in [0.15, 0.2) is 24.4 Å². The van der Waals surface area contributed by atoms with Gasteiger partial charge in [-0.05, 0) is 38.1 Å². The number of amides is 1. The summed E-state index contributed by atoms with van der Waals surface area (Å²) in [6.07, 6.45) is 3.67. The Labute approximate surface area is 150 Å². The molecule has 0 aliphatic carbocycles. The molecule has 1 aliphatic rings. The number of anilines is 1. The standard InChI is InChI=1S/C17H21N7O2/c1-23-13-4-3-5-14(26-2)15(13)19-17(23)20-16(25)12-10-24(22-21-12)11-6-8-18-9-7-11/h3-5,10-11,18H,6-9H2,1-2H3,(H,19,20,25). The van der Waals surface area contributed by atoms with Crippen molar-refractivity contribution in [3.05, 3.63) is 30.1 Å². The van der Waals surface area contributed by atoms with E-state index in [0.717, 1.165) is 31.4 Å². The highest BCUT2D eigenvalue weighted by atomic mass is 16.5. The minimum atomic E-state index is -0.331. The summed E-state index contributed by atoms with van der Waals surface area (Å²) in [6, 6.07) is 5.93. The van der Waals surface area contributed by atoms with Gasteiger partial charge in [-0.3, -0.25) is 10.1 Å². The molecule has 2 aromatic heterocycles. The highest BCUT2D eigenvalue weighted by Crippen LogP contribution is 2.27. The number of hydrogen-bond acceptors (Lipinski definition) is 6. The summed E-state index contributed by atoms with van der Waals surface area (Å²) in [7, 11) is 3.44. The monoisotopic (exact) mass is 355 g/mol. The van der Waals surface area contributed by atoms with Gasteiger partial charge < -0.3 is 14.6 Å². The Morgan fingerprint density at radius 2 is 2.15 bits per heavy atom. The first-order valence-electron chi connectivity index (χ1n) is 8.60. The van der Waals surface area contributed by atoms with E-state index in [9.17, 15) is 4.79 Å². The summed E-state index contributed by atoms with van der Waals surface area (Å²) in [5, 5.41) is 14.3. The number of methoxy groups -OCH3 is 1. The maximum atomic E-state index is 12.6. The van der Waals surface area contributed by atoms with E-state index in [4.69, 9.17) is 4.74 Å². The first-order chi connectivity index (χ1) is 12.7. The van der Waals surface area contributed by atoms with Gasteiger partial charge in [0.25, 0.3) is 5.91 Å². The van der Waals surface area contributed by atoms with Crippen LogP contribution in [0.3, 0.4) is 0 Å². The highest BCUT2D eigenvalue weighted by Gasteiger charge is 2.20. The second kappa shape index (κ2) is 6.75. The molecule has 1 aliphatic heterocycles. The Morgan fingerprint density at radius 3 is 2.92 bits per heavy atom. The molecule has 1 fully saturated rings. The van der Waals surface area contributed by atoms with Crippen LogP contribution >= 0.6 is 0 Å². The molecule has 0 unspecified atom stereocenters. The normalized spacial score (nSPS) is 15.3. The number of rotatable bonds is 4. The van der Waals surface area contributed by atoms with Gasteiger partial charge in [0.05, 0.1) is 24.9 Å². The first kappa shape index (κ1) is 16.5. The fourth-order valence-electron chi connectivity index (χ4n) is 3.26. The maximum absolute atomic E-state index is 12.6. The van der Waals surface area contributed by atoms with Crippen molar-refractivity contribution < 1.29 is 9.53 Å². The molecule has 0 radical (unpaired) electrons. The second-order valence-electron chi connectivity index (χ2n) is 6.34. The number of para-hydroxylation sites is 1. The summed E-state index contributed by atoms with van der Waals surface area (Å²) < 4.78 is 8.93. The first-order valence-corrected chi connectivity index (χ1v) is 8.60. The number of carbonyl (C=O) groups excluding carboxylic acids is 1. The SMILES string of the molecule is COc1cccc2c1nc(NC(=O)c1cn(C3CCNCC3)nn1)n2C. The van der Waals surface area contributed by atoms with Crippen LogP contribution in [-0.4, -0.2) is 50.7 Å². The number of aryl methyl sites for hydroxylation is 1. The lowest BCUT2D eigenvalue weighted by atomic mass is 10.1. The van der Waals surface area contributed by atoms with Gasteiger partial charge in [0.1, 0.15) is 11.3 Å². The van der Waals surface area contributed by atoms with E-state index in [0.29, 0.717) is 17.2 Å². The number of piperidine rings is 1. The van der Waals surface area contributed by atoms with Crippen molar-refractivity contribution >= 4 is 22.9 Å². The van der Waals surface area contributed by atoms with Gasteiger partial charge in [-0.1, -0.05) is 11.3 Å². The average Bonchev–Trinajstić information content (AvgIpc) is 3.28. The fraction of sp³-hybridized carbons (Fsp3) is 0.412. The Balaban J connectivity index is 1.56. The Morgan fingerprint density at radius 1 is 1.35 bits per heavy atom. The van der Waals surface area contributed by atoms with Crippen LogP contribution in [0.4, 0.5) is 5.95 Å². The minimum Gasteiger partial charge on any atom is -0.494 e. The lowest BCUT2D eigenvalue weighted by Crippen LogP contribution is -2.29. The molecule has 2 N–H and O–H groups in total. The number of carbonyl (C=O) groups is 1. The van der Waals surface area contributed by atoms with Crippen molar-refractivity contribution in [2.45, 2.75) is 18.9 Å². The third-order valence-corrected chi connectivity index (χ3v) is 4.75. The highest BCUT2D eigenvalue weighted by molar-refractivity contribution is 6.02. The molecule has 0 spiro atoms. The quantitative estimate of drug-likeness (QED) is 0.733. The van der Waals surface area contributed by atoms with Crippen molar-refractivity contribution in [1.82, 2.24) is 29.9 Å². The lowest BCUT2D eigenvalue weighted by molar-refractivity contribution is 0.102. The number of imidazole rings is 1. The Hall–Kier alpha value is -2.94. The zero-order valence-electron chi connectivity index (χ0n) is 14.8. The lowest BCUT2D eigenvalue weighted by Gasteiger charge is -2.22. The largest absolute Gasteiger partial charge is 0.494 e. The number of hydrogen-bond donors (Lipinski definition) is 2. The van der Waals surface area contributed by atoms with Gasteiger partial charge >= 0.3 is 0 Å². The summed E-state index contributed by atoms with van der Waals surface area (Å²) in [6.45, 7) is 1.90. The molecule has 9 nitrogen and oxygen atoms in total. The van der Waals surface area contributed by atoms with Crippen molar-refractivity contribution in [3.8, 4) is 5.75 Å². The summed E-state index contributed by atoms with van der Waals surface area (Å²) in [4.78, 5) is 17.1. The molecule has 1 saturated heterocycles. The van der Waals surface area contributed by atoms with E-state index >= 15 is 0 Å². The van der Waals surface area contributed by atoms with Crippen LogP contribution in [-0.2, 0) is 7.05 Å². The van der Waals surface area contributed by atoms with Crippen molar-refractivity contribution in [2.24, 2.45) is 7.05 Å². The van der Waals surface area contributed by atoms with Crippen LogP contribution < -0.4 is 15.4 Å². The molecular formula is C17H21N7O2. The van der Waals surface area contributed by atoms with E-state index in [1.807, 2.05) is 29.8 Å². The molecule has 26 heavy (non-hydrogen) atoms. The number of benzene rings is 1. The third kappa shape index (κ3) is 2.90. The summed E-state index contributed by atoms with van der Waals surface area (Å²) in [5.74, 6) is 0.768. The van der Waals surface area contributed by atoms with Crippen LogP contribution in [0.25, 0.3) is 11.0 Å². The van der Waals surface area contributed by atoms with Gasteiger partial charge in [0.2, 0.25) is 5.95 Å². The summed E-state index contributed by atoms with van der Waals surface area (Å²) >= 11 is 0. The number of aromatic nitrogens is 5. The van der Waals surface area contributed by atoms with Crippen molar-refractivity contribution in [3.63, 3.8) is 0 Å². The number of ether oxygens (including phenoxy) is 1. The molecule has 136 valence electrons. The van der Waals surface area contributed by atoms with Crippen molar-refractivity contribution in [1.29, 1.82) is 0 Å². The number of nitrogens with zero attached hydrogens (tertiary/aromatic N) is 5. The molecule has 1 amide bonds. The van der Waals surface area contributed by atoms with Crippen LogP contribution in [0, 0.1) is 0 Å².